The number of nitrogens with one attached hydrogen (secondary N) is 1. The molecule has 3 heteroatoms. The Kier molecular flexibility index (Phi) is 4.63. The van der Waals surface area contributed by atoms with Crippen LogP contribution in [-0.2, 0) is 17.7 Å². The molecule has 0 aliphatic heterocycles. The van der Waals surface area contributed by atoms with Crippen LogP contribution in [0.1, 0.15) is 24.0 Å². The summed E-state index contributed by atoms with van der Waals surface area (Å²) in [4.78, 5) is 4.37. The highest BCUT2D eigenvalue weighted by molar-refractivity contribution is 5.63. The van der Waals surface area contributed by atoms with E-state index in [0.29, 0.717) is 0 Å². The fourth-order valence-corrected chi connectivity index (χ4v) is 2.38. The Morgan fingerprint density at radius 3 is 2.62 bits per heavy atom. The molecular formula is C18H22N2O. The van der Waals surface area contributed by atoms with Gasteiger partial charge in [0.05, 0.1) is 6.61 Å². The number of methoxy groups -OCH3 is 1. The van der Waals surface area contributed by atoms with Gasteiger partial charge in [-0.3, -0.25) is 4.98 Å². The molecule has 0 amide bonds. The lowest BCUT2D eigenvalue weighted by molar-refractivity contribution is 0.202. The summed E-state index contributed by atoms with van der Waals surface area (Å²) in [5, 5.41) is 3.53. The average Bonchev–Trinajstić information content (AvgIpc) is 3.36. The van der Waals surface area contributed by atoms with Gasteiger partial charge in [0, 0.05) is 37.7 Å². The van der Waals surface area contributed by atoms with Crippen molar-refractivity contribution in [1.29, 1.82) is 0 Å². The molecule has 0 radical (unpaired) electrons. The smallest absolute Gasteiger partial charge is 0.0502 e. The fourth-order valence-electron chi connectivity index (χ4n) is 2.38. The van der Waals surface area contributed by atoms with Crippen molar-refractivity contribution >= 4 is 0 Å². The van der Waals surface area contributed by atoms with E-state index >= 15 is 0 Å². The van der Waals surface area contributed by atoms with E-state index in [1.165, 1.54) is 35.1 Å². The van der Waals surface area contributed by atoms with Crippen LogP contribution in [0.4, 0.5) is 0 Å². The van der Waals surface area contributed by atoms with Crippen molar-refractivity contribution in [3.8, 4) is 11.1 Å². The molecule has 2 aromatic rings. The van der Waals surface area contributed by atoms with Gasteiger partial charge in [0.15, 0.2) is 0 Å². The number of hydrogen-bond acceptors (Lipinski definition) is 3. The molecule has 3 nitrogen and oxygen atoms in total. The van der Waals surface area contributed by atoms with E-state index < -0.39 is 0 Å². The van der Waals surface area contributed by atoms with Gasteiger partial charge in [-0.25, -0.2) is 0 Å². The van der Waals surface area contributed by atoms with E-state index in [0.717, 1.165) is 25.6 Å². The van der Waals surface area contributed by atoms with Crippen molar-refractivity contribution in [2.45, 2.75) is 31.8 Å². The number of ether oxygens (including phenoxy) is 1. The van der Waals surface area contributed by atoms with E-state index in [2.05, 4.69) is 40.6 Å². The quantitative estimate of drug-likeness (QED) is 0.847. The van der Waals surface area contributed by atoms with Gasteiger partial charge in [0.1, 0.15) is 0 Å². The van der Waals surface area contributed by atoms with Crippen LogP contribution in [0.2, 0.25) is 0 Å². The number of aromatic nitrogens is 1. The van der Waals surface area contributed by atoms with Crippen LogP contribution in [0.15, 0.2) is 42.7 Å². The first kappa shape index (κ1) is 14.2. The third kappa shape index (κ3) is 4.13. The highest BCUT2D eigenvalue weighted by atomic mass is 16.5. The fraction of sp³-hybridized carbons (Fsp3) is 0.389. The molecule has 0 atom stereocenters. The van der Waals surface area contributed by atoms with Crippen molar-refractivity contribution in [3.63, 3.8) is 0 Å². The minimum Gasteiger partial charge on any atom is -0.384 e. The van der Waals surface area contributed by atoms with E-state index in [1.54, 1.807) is 7.11 Å². The van der Waals surface area contributed by atoms with Crippen molar-refractivity contribution in [2.75, 3.05) is 13.7 Å². The molecule has 21 heavy (non-hydrogen) atoms. The maximum atomic E-state index is 5.11. The lowest BCUT2D eigenvalue weighted by Crippen LogP contribution is -2.15. The van der Waals surface area contributed by atoms with Crippen molar-refractivity contribution in [3.05, 3.63) is 53.9 Å². The number of hydrogen-bond donors (Lipinski definition) is 1. The van der Waals surface area contributed by atoms with Crippen LogP contribution >= 0.6 is 0 Å². The van der Waals surface area contributed by atoms with Crippen LogP contribution in [-0.4, -0.2) is 24.7 Å². The Balaban J connectivity index is 1.68. The van der Waals surface area contributed by atoms with Crippen molar-refractivity contribution < 1.29 is 4.74 Å². The van der Waals surface area contributed by atoms with Gasteiger partial charge in [0.25, 0.3) is 0 Å². The monoisotopic (exact) mass is 282 g/mol. The third-order valence-corrected chi connectivity index (χ3v) is 3.85. The van der Waals surface area contributed by atoms with Crippen molar-refractivity contribution in [1.82, 2.24) is 10.3 Å². The highest BCUT2D eigenvalue weighted by Gasteiger charge is 2.19. The summed E-state index contributed by atoms with van der Waals surface area (Å²) < 4.78 is 5.11. The van der Waals surface area contributed by atoms with Crippen molar-refractivity contribution in [2.24, 2.45) is 0 Å². The Morgan fingerprint density at radius 1 is 1.10 bits per heavy atom. The molecule has 1 saturated carbocycles. The molecule has 1 aliphatic rings. The average molecular weight is 282 g/mol. The maximum Gasteiger partial charge on any atom is 0.0502 e. The first-order chi connectivity index (χ1) is 10.3. The SMILES string of the molecule is COCCc1ccc(-c2cncc(CNC3CC3)c2)cc1. The number of rotatable bonds is 7. The molecule has 0 unspecified atom stereocenters. The normalized spacial score (nSPS) is 14.3. The third-order valence-electron chi connectivity index (χ3n) is 3.85. The van der Waals surface area contributed by atoms with Crippen LogP contribution in [0, 0.1) is 0 Å². The topological polar surface area (TPSA) is 34.1 Å². The summed E-state index contributed by atoms with van der Waals surface area (Å²) in [5.74, 6) is 0. The molecule has 110 valence electrons. The molecule has 0 bridgehead atoms. The van der Waals surface area contributed by atoms with E-state index in [1.807, 2.05) is 12.4 Å². The first-order valence-corrected chi connectivity index (χ1v) is 7.61. The minimum absolute atomic E-state index is 0.730. The van der Waals surface area contributed by atoms with Gasteiger partial charge < -0.3 is 10.1 Å². The predicted molar refractivity (Wildman–Crippen MR) is 85.1 cm³/mol. The molecule has 1 aliphatic carbocycles. The number of pyridine rings is 1. The Labute approximate surface area is 126 Å². The molecule has 1 aromatic carbocycles. The largest absolute Gasteiger partial charge is 0.384 e. The highest BCUT2D eigenvalue weighted by Crippen LogP contribution is 2.22. The molecule has 1 fully saturated rings. The van der Waals surface area contributed by atoms with Crippen LogP contribution in [0.5, 0.6) is 0 Å². The van der Waals surface area contributed by atoms with Gasteiger partial charge in [-0.1, -0.05) is 24.3 Å². The zero-order chi connectivity index (χ0) is 14.5. The zero-order valence-electron chi connectivity index (χ0n) is 12.5. The maximum absolute atomic E-state index is 5.11. The van der Waals surface area contributed by atoms with Gasteiger partial charge in [-0.05, 0) is 42.0 Å². The Morgan fingerprint density at radius 2 is 1.90 bits per heavy atom. The lowest BCUT2D eigenvalue weighted by atomic mass is 10.0. The molecule has 1 heterocycles. The first-order valence-electron chi connectivity index (χ1n) is 7.61. The second-order valence-corrected chi connectivity index (χ2v) is 5.68. The summed E-state index contributed by atoms with van der Waals surface area (Å²) >= 11 is 0. The summed E-state index contributed by atoms with van der Waals surface area (Å²) in [6.07, 6.45) is 7.48. The van der Waals surface area contributed by atoms with Gasteiger partial charge >= 0.3 is 0 Å². The summed E-state index contributed by atoms with van der Waals surface area (Å²) in [6, 6.07) is 11.6. The molecular weight excluding hydrogens is 260 g/mol. The minimum atomic E-state index is 0.730. The number of nitrogens with zero attached hydrogens (tertiary/aromatic N) is 1. The molecule has 0 saturated heterocycles. The zero-order valence-corrected chi connectivity index (χ0v) is 12.5. The lowest BCUT2D eigenvalue weighted by Gasteiger charge is -2.07. The standard InChI is InChI=1S/C18H22N2O/c1-21-9-8-14-2-4-16(5-3-14)17-10-15(11-19-13-17)12-20-18-6-7-18/h2-5,10-11,13,18,20H,6-9,12H2,1H3. The van der Waals surface area contributed by atoms with Crippen LogP contribution in [0.3, 0.4) is 0 Å². The molecule has 1 aromatic heterocycles. The second-order valence-electron chi connectivity index (χ2n) is 5.68. The number of benzene rings is 1. The summed E-state index contributed by atoms with van der Waals surface area (Å²) in [5.41, 5.74) is 4.96. The summed E-state index contributed by atoms with van der Waals surface area (Å²) in [7, 11) is 1.74. The Hall–Kier alpha value is -1.71. The van der Waals surface area contributed by atoms with Gasteiger partial charge in [-0.2, -0.15) is 0 Å². The molecule has 0 spiro atoms. The second kappa shape index (κ2) is 6.83. The van der Waals surface area contributed by atoms with E-state index in [4.69, 9.17) is 4.74 Å². The van der Waals surface area contributed by atoms with E-state index in [-0.39, 0.29) is 0 Å². The molecule has 3 rings (SSSR count). The van der Waals surface area contributed by atoms with Crippen LogP contribution < -0.4 is 5.32 Å². The predicted octanol–water partition coefficient (Wildman–Crippen LogP) is 3.19. The van der Waals surface area contributed by atoms with Gasteiger partial charge in [0.2, 0.25) is 0 Å². The van der Waals surface area contributed by atoms with Gasteiger partial charge in [-0.15, -0.1) is 0 Å². The molecule has 1 N–H and O–H groups in total. The summed E-state index contributed by atoms with van der Waals surface area (Å²) in [6.45, 7) is 1.68. The Bertz CT molecular complexity index is 576. The van der Waals surface area contributed by atoms with E-state index in [9.17, 15) is 0 Å². The van der Waals surface area contributed by atoms with Crippen LogP contribution in [0.25, 0.3) is 11.1 Å².